The number of hydrogen-bond acceptors (Lipinski definition) is 4. The molecule has 154 valence electrons. The van der Waals surface area contributed by atoms with Crippen molar-refractivity contribution in [2.24, 2.45) is 0 Å². The van der Waals surface area contributed by atoms with Crippen LogP contribution in [-0.2, 0) is 6.54 Å². The second-order valence-electron chi connectivity index (χ2n) is 6.57. The summed E-state index contributed by atoms with van der Waals surface area (Å²) >= 11 is 6.01. The van der Waals surface area contributed by atoms with Crippen LogP contribution in [0.1, 0.15) is 5.56 Å². The minimum atomic E-state index is -0.604. The zero-order valence-corrected chi connectivity index (χ0v) is 17.5. The van der Waals surface area contributed by atoms with Crippen LogP contribution in [-0.4, -0.2) is 21.2 Å². The predicted molar refractivity (Wildman–Crippen MR) is 119 cm³/mol. The van der Waals surface area contributed by atoms with Crippen molar-refractivity contribution in [2.75, 3.05) is 7.11 Å². The van der Waals surface area contributed by atoms with Crippen LogP contribution in [0.4, 0.5) is 0 Å². The lowest BCUT2D eigenvalue weighted by Crippen LogP contribution is -2.24. The van der Waals surface area contributed by atoms with Crippen LogP contribution in [0.2, 0.25) is 5.02 Å². The van der Waals surface area contributed by atoms with E-state index in [9.17, 15) is 14.7 Å². The molecule has 0 saturated carbocycles. The number of aromatic hydroxyl groups is 1. The number of ether oxygens (including phenoxy) is 1. The summed E-state index contributed by atoms with van der Waals surface area (Å²) in [6.07, 6.45) is 4.79. The third-order valence-corrected chi connectivity index (χ3v) is 4.96. The van der Waals surface area contributed by atoms with Gasteiger partial charge in [0.1, 0.15) is 5.75 Å². The highest BCUT2D eigenvalue weighted by atomic mass is 35.5. The molecule has 6 nitrogen and oxygen atoms in total. The number of benzene rings is 2. The minimum Gasteiger partial charge on any atom is -0.503 e. The highest BCUT2D eigenvalue weighted by Gasteiger charge is 2.16. The van der Waals surface area contributed by atoms with Crippen molar-refractivity contribution in [1.29, 1.82) is 0 Å². The summed E-state index contributed by atoms with van der Waals surface area (Å²) < 4.78 is 8.02. The van der Waals surface area contributed by atoms with Crippen LogP contribution in [0.3, 0.4) is 0 Å². The maximum absolute atomic E-state index is 12.9. The maximum Gasteiger partial charge on any atom is 0.279 e. The van der Waals surface area contributed by atoms with E-state index in [4.69, 9.17) is 16.3 Å². The zero-order chi connectivity index (χ0) is 20.5. The van der Waals surface area contributed by atoms with Gasteiger partial charge in [0.2, 0.25) is 5.43 Å². The maximum atomic E-state index is 12.9. The lowest BCUT2D eigenvalue weighted by molar-refractivity contribution is 0.415. The normalized spacial score (nSPS) is 10.6. The first-order valence-corrected chi connectivity index (χ1v) is 9.22. The van der Waals surface area contributed by atoms with E-state index in [2.05, 4.69) is 0 Å². The molecule has 0 aliphatic rings. The molecule has 0 aliphatic carbocycles. The molecule has 0 atom stereocenters. The van der Waals surface area contributed by atoms with Gasteiger partial charge in [0.15, 0.2) is 11.3 Å². The summed E-state index contributed by atoms with van der Waals surface area (Å²) in [6, 6.07) is 14.1. The second kappa shape index (κ2) is 8.65. The molecule has 4 aromatic rings. The van der Waals surface area contributed by atoms with E-state index >= 15 is 0 Å². The molecule has 1 N–H and O–H groups in total. The van der Waals surface area contributed by atoms with Crippen LogP contribution in [0.25, 0.3) is 16.6 Å². The lowest BCUT2D eigenvalue weighted by atomic mass is 10.1. The Kier molecular flexibility index (Phi) is 6.20. The Bertz CT molecular complexity index is 1330. The highest BCUT2D eigenvalue weighted by molar-refractivity contribution is 6.30. The molecule has 2 heterocycles. The molecule has 0 radical (unpaired) electrons. The molecule has 0 amide bonds. The molecule has 4 rings (SSSR count). The first-order chi connectivity index (χ1) is 14.0. The molecule has 0 aliphatic heterocycles. The Labute approximate surface area is 183 Å². The summed E-state index contributed by atoms with van der Waals surface area (Å²) in [6.45, 7) is 0.268. The van der Waals surface area contributed by atoms with Crippen molar-refractivity contribution >= 4 is 29.5 Å². The SMILES string of the molecule is COc1ccc(-c2cn3ccn(Cc4cccc(Cl)c4)c(=O)c3c(O)c2=O)cc1.Cl. The molecule has 8 heteroatoms. The molecular formula is C22H18Cl2N2O4. The standard InChI is InChI=1S/C22H17ClN2O4.ClH/c1-29-17-7-5-15(6-8-17)18-13-24-9-10-25(12-14-3-2-4-16(23)11-14)22(28)19(24)21(27)20(18)26;/h2-11,13,27H,12H2,1H3;1H. The monoisotopic (exact) mass is 444 g/mol. The molecule has 0 bridgehead atoms. The number of rotatable bonds is 4. The van der Waals surface area contributed by atoms with Gasteiger partial charge in [0, 0.05) is 29.2 Å². The van der Waals surface area contributed by atoms with Gasteiger partial charge < -0.3 is 18.8 Å². The third kappa shape index (κ3) is 3.92. The summed E-state index contributed by atoms with van der Waals surface area (Å²) in [4.78, 5) is 25.7. The number of fused-ring (bicyclic) bond motifs is 1. The average molecular weight is 445 g/mol. The summed E-state index contributed by atoms with van der Waals surface area (Å²) in [5.74, 6) is 0.0755. The van der Waals surface area contributed by atoms with Gasteiger partial charge in [0.05, 0.1) is 13.7 Å². The van der Waals surface area contributed by atoms with Crippen LogP contribution in [0.5, 0.6) is 11.5 Å². The van der Waals surface area contributed by atoms with E-state index in [1.807, 2.05) is 6.07 Å². The van der Waals surface area contributed by atoms with E-state index < -0.39 is 16.7 Å². The summed E-state index contributed by atoms with van der Waals surface area (Å²) in [5, 5.41) is 11.1. The molecule has 0 saturated heterocycles. The average Bonchev–Trinajstić information content (AvgIpc) is 2.72. The third-order valence-electron chi connectivity index (χ3n) is 4.72. The van der Waals surface area contributed by atoms with Crippen LogP contribution in [0, 0.1) is 0 Å². The van der Waals surface area contributed by atoms with Crippen molar-refractivity contribution < 1.29 is 9.84 Å². The van der Waals surface area contributed by atoms with Crippen molar-refractivity contribution in [3.8, 4) is 22.6 Å². The number of halogens is 2. The lowest BCUT2D eigenvalue weighted by Gasteiger charge is -2.11. The van der Waals surface area contributed by atoms with Gasteiger partial charge in [-0.3, -0.25) is 9.59 Å². The molecule has 2 aromatic carbocycles. The minimum absolute atomic E-state index is 0. The molecule has 0 unspecified atom stereocenters. The molecule has 0 spiro atoms. The topological polar surface area (TPSA) is 72.9 Å². The van der Waals surface area contributed by atoms with Gasteiger partial charge in [-0.2, -0.15) is 0 Å². The summed E-state index contributed by atoms with van der Waals surface area (Å²) in [5.41, 5.74) is 0.590. The largest absolute Gasteiger partial charge is 0.503 e. The van der Waals surface area contributed by atoms with Crippen LogP contribution < -0.4 is 15.7 Å². The Hall–Kier alpha value is -3.22. The van der Waals surface area contributed by atoms with Crippen molar-refractivity contribution in [1.82, 2.24) is 8.97 Å². The van der Waals surface area contributed by atoms with Gasteiger partial charge in [-0.1, -0.05) is 35.9 Å². The predicted octanol–water partition coefficient (Wildman–Crippen LogP) is 3.97. The first kappa shape index (κ1) is 21.5. The number of aromatic nitrogens is 2. The Balaban J connectivity index is 0.00000256. The second-order valence-corrected chi connectivity index (χ2v) is 7.00. The van der Waals surface area contributed by atoms with Gasteiger partial charge in [-0.25, -0.2) is 0 Å². The smallest absolute Gasteiger partial charge is 0.279 e. The fourth-order valence-corrected chi connectivity index (χ4v) is 3.45. The molecule has 0 fully saturated rings. The number of methoxy groups -OCH3 is 1. The molecular weight excluding hydrogens is 427 g/mol. The molecule has 2 aromatic heterocycles. The van der Waals surface area contributed by atoms with E-state index in [0.717, 1.165) is 5.56 Å². The Morgan fingerprint density at radius 3 is 2.47 bits per heavy atom. The van der Waals surface area contributed by atoms with Gasteiger partial charge in [0.25, 0.3) is 5.56 Å². The van der Waals surface area contributed by atoms with Gasteiger partial charge >= 0.3 is 0 Å². The van der Waals surface area contributed by atoms with Crippen molar-refractivity contribution in [2.45, 2.75) is 6.54 Å². The highest BCUT2D eigenvalue weighted by Crippen LogP contribution is 2.22. The van der Waals surface area contributed by atoms with Gasteiger partial charge in [-0.15, -0.1) is 12.4 Å². The summed E-state index contributed by atoms with van der Waals surface area (Å²) in [7, 11) is 1.56. The zero-order valence-electron chi connectivity index (χ0n) is 15.9. The first-order valence-electron chi connectivity index (χ1n) is 8.84. The molecule has 30 heavy (non-hydrogen) atoms. The number of hydrogen-bond donors (Lipinski definition) is 1. The number of pyridine rings is 1. The van der Waals surface area contributed by atoms with Crippen LogP contribution >= 0.6 is 24.0 Å². The fraction of sp³-hybridized carbons (Fsp3) is 0.0909. The van der Waals surface area contributed by atoms with Crippen molar-refractivity contribution in [3.63, 3.8) is 0 Å². The van der Waals surface area contributed by atoms with Crippen molar-refractivity contribution in [3.05, 3.63) is 98.3 Å². The van der Waals surface area contributed by atoms with Crippen LogP contribution in [0.15, 0.2) is 76.7 Å². The van der Waals surface area contributed by atoms with E-state index in [1.54, 1.807) is 68.2 Å². The Morgan fingerprint density at radius 2 is 1.80 bits per heavy atom. The van der Waals surface area contributed by atoms with Gasteiger partial charge in [-0.05, 0) is 35.4 Å². The van der Waals surface area contributed by atoms with E-state index in [-0.39, 0.29) is 30.0 Å². The number of nitrogens with zero attached hydrogens (tertiary/aromatic N) is 2. The van der Waals surface area contributed by atoms with E-state index in [1.165, 1.54) is 8.97 Å². The quantitative estimate of drug-likeness (QED) is 0.516. The Morgan fingerprint density at radius 1 is 1.07 bits per heavy atom. The fourth-order valence-electron chi connectivity index (χ4n) is 3.24. The van der Waals surface area contributed by atoms with E-state index in [0.29, 0.717) is 16.3 Å².